The lowest BCUT2D eigenvalue weighted by atomic mass is 10.2. The maximum atomic E-state index is 12.4. The number of nitrogens with zero attached hydrogens (tertiary/aromatic N) is 1. The predicted octanol–water partition coefficient (Wildman–Crippen LogP) is 0.416. The zero-order valence-electron chi connectivity index (χ0n) is 15.2. The fraction of sp³-hybridized carbons (Fsp3) is 0.389. The smallest absolute Gasteiger partial charge is 0.340 e. The van der Waals surface area contributed by atoms with Crippen molar-refractivity contribution >= 4 is 34.1 Å². The van der Waals surface area contributed by atoms with Gasteiger partial charge in [-0.15, -0.1) is 11.3 Å². The zero-order valence-corrected chi connectivity index (χ0v) is 16.1. The second kappa shape index (κ2) is 8.36. The number of esters is 1. The number of hydrogen-bond acceptors (Lipinski definition) is 6. The van der Waals surface area contributed by atoms with Gasteiger partial charge < -0.3 is 24.3 Å². The third-order valence-corrected chi connectivity index (χ3v) is 5.38. The minimum absolute atomic E-state index is 0.125. The van der Waals surface area contributed by atoms with Crippen molar-refractivity contribution in [1.29, 1.82) is 0 Å². The van der Waals surface area contributed by atoms with Crippen molar-refractivity contribution in [3.8, 4) is 0 Å². The molecule has 0 radical (unpaired) electrons. The average molecular weight is 392 g/mol. The number of ether oxygens (including phenoxy) is 1. The van der Waals surface area contributed by atoms with Gasteiger partial charge in [0.2, 0.25) is 0 Å². The number of rotatable bonds is 5. The van der Waals surface area contributed by atoms with Crippen LogP contribution in [0.15, 0.2) is 28.9 Å². The fourth-order valence-electron chi connectivity index (χ4n) is 3.03. The SMILES string of the molecule is COC(=O)c1cc(C)sc1NC(=O)C[NH+]1CCN(C(=O)c2ccco2)CC1. The van der Waals surface area contributed by atoms with Crippen LogP contribution in [0.25, 0.3) is 0 Å². The molecule has 27 heavy (non-hydrogen) atoms. The van der Waals surface area contributed by atoms with E-state index in [1.165, 1.54) is 24.7 Å². The lowest BCUT2D eigenvalue weighted by Crippen LogP contribution is -3.15. The summed E-state index contributed by atoms with van der Waals surface area (Å²) in [5.41, 5.74) is 0.372. The zero-order chi connectivity index (χ0) is 19.4. The van der Waals surface area contributed by atoms with Crippen LogP contribution in [0.1, 0.15) is 25.8 Å². The van der Waals surface area contributed by atoms with Crippen molar-refractivity contribution in [3.63, 3.8) is 0 Å². The van der Waals surface area contributed by atoms with E-state index < -0.39 is 5.97 Å². The highest BCUT2D eigenvalue weighted by molar-refractivity contribution is 7.16. The number of aryl methyl sites for hydroxylation is 1. The number of methoxy groups -OCH3 is 1. The average Bonchev–Trinajstić information content (AvgIpc) is 3.31. The molecule has 0 aliphatic carbocycles. The Labute approximate surface area is 160 Å². The van der Waals surface area contributed by atoms with Gasteiger partial charge in [-0.3, -0.25) is 9.59 Å². The Bertz CT molecular complexity index is 822. The van der Waals surface area contributed by atoms with Crippen LogP contribution in [-0.2, 0) is 9.53 Å². The first kappa shape index (κ1) is 19.1. The molecule has 1 saturated heterocycles. The van der Waals surface area contributed by atoms with Crippen molar-refractivity contribution in [2.24, 2.45) is 0 Å². The molecule has 0 unspecified atom stereocenters. The largest absolute Gasteiger partial charge is 0.465 e. The quantitative estimate of drug-likeness (QED) is 0.720. The maximum Gasteiger partial charge on any atom is 0.340 e. The first-order valence-electron chi connectivity index (χ1n) is 8.63. The molecular formula is C18H22N3O5S+. The molecule has 3 rings (SSSR count). The van der Waals surface area contributed by atoms with Crippen LogP contribution in [-0.4, -0.2) is 62.5 Å². The molecule has 2 N–H and O–H groups in total. The third kappa shape index (κ3) is 4.55. The molecule has 1 aliphatic heterocycles. The first-order valence-corrected chi connectivity index (χ1v) is 9.44. The lowest BCUT2D eigenvalue weighted by Gasteiger charge is -2.31. The standard InChI is InChI=1S/C18H21N3O5S/c1-12-10-13(18(24)25-2)16(27-12)19-15(22)11-20-5-7-21(8-6-20)17(23)14-4-3-9-26-14/h3-4,9-10H,5-8,11H2,1-2H3,(H,19,22)/p+1. The Morgan fingerprint density at radius 2 is 2.07 bits per heavy atom. The number of carbonyl (C=O) groups is 3. The number of thiophene rings is 1. The van der Waals surface area contributed by atoms with E-state index in [0.717, 1.165) is 9.78 Å². The van der Waals surface area contributed by atoms with Crippen molar-refractivity contribution in [2.75, 3.05) is 45.2 Å². The van der Waals surface area contributed by atoms with E-state index >= 15 is 0 Å². The topological polar surface area (TPSA) is 93.3 Å². The molecule has 1 fully saturated rings. The second-order valence-corrected chi connectivity index (χ2v) is 7.59. The Balaban J connectivity index is 1.51. The van der Waals surface area contributed by atoms with Gasteiger partial charge in [-0.05, 0) is 25.1 Å². The summed E-state index contributed by atoms with van der Waals surface area (Å²) in [5, 5.41) is 3.32. The minimum Gasteiger partial charge on any atom is -0.465 e. The first-order chi connectivity index (χ1) is 13.0. The summed E-state index contributed by atoms with van der Waals surface area (Å²) in [7, 11) is 1.31. The van der Waals surface area contributed by atoms with Crippen molar-refractivity contribution < 1.29 is 28.4 Å². The number of amides is 2. The van der Waals surface area contributed by atoms with Crippen LogP contribution in [0, 0.1) is 6.92 Å². The number of nitrogens with one attached hydrogen (secondary N) is 2. The summed E-state index contributed by atoms with van der Waals surface area (Å²) in [5.74, 6) is -0.422. The third-order valence-electron chi connectivity index (χ3n) is 4.41. The Morgan fingerprint density at radius 3 is 2.70 bits per heavy atom. The highest BCUT2D eigenvalue weighted by atomic mass is 32.1. The molecular weight excluding hydrogens is 370 g/mol. The number of anilines is 1. The van der Waals surface area contributed by atoms with E-state index in [9.17, 15) is 14.4 Å². The highest BCUT2D eigenvalue weighted by Crippen LogP contribution is 2.27. The van der Waals surface area contributed by atoms with Crippen LogP contribution >= 0.6 is 11.3 Å². The Hall–Kier alpha value is -2.65. The number of quaternary nitrogens is 1. The van der Waals surface area contributed by atoms with Crippen LogP contribution in [0.3, 0.4) is 0 Å². The maximum absolute atomic E-state index is 12.4. The molecule has 0 saturated carbocycles. The number of carbonyl (C=O) groups excluding carboxylic acids is 3. The van der Waals surface area contributed by atoms with Crippen molar-refractivity contribution in [3.05, 3.63) is 40.7 Å². The summed E-state index contributed by atoms with van der Waals surface area (Å²) < 4.78 is 9.90. The van der Waals surface area contributed by atoms with Gasteiger partial charge in [-0.2, -0.15) is 0 Å². The van der Waals surface area contributed by atoms with Gasteiger partial charge in [0.15, 0.2) is 12.3 Å². The van der Waals surface area contributed by atoms with Crippen molar-refractivity contribution in [2.45, 2.75) is 6.92 Å². The van der Waals surface area contributed by atoms with Crippen LogP contribution in [0.5, 0.6) is 0 Å². The normalized spacial score (nSPS) is 14.8. The Morgan fingerprint density at radius 1 is 1.33 bits per heavy atom. The summed E-state index contributed by atoms with van der Waals surface area (Å²) in [4.78, 5) is 40.2. The molecule has 9 heteroatoms. The van der Waals surface area contributed by atoms with Crippen molar-refractivity contribution in [1.82, 2.24) is 4.90 Å². The Kier molecular flexibility index (Phi) is 5.92. The molecule has 0 spiro atoms. The number of hydrogen-bond donors (Lipinski definition) is 2. The van der Waals surface area contributed by atoms with E-state index in [1.807, 2.05) is 6.92 Å². The molecule has 2 aromatic rings. The van der Waals surface area contributed by atoms with Crippen LogP contribution < -0.4 is 10.2 Å². The number of furan rings is 1. The molecule has 1 aliphatic rings. The summed E-state index contributed by atoms with van der Waals surface area (Å²) in [6.45, 7) is 4.62. The van der Waals surface area contributed by atoms with E-state index in [0.29, 0.717) is 42.5 Å². The van der Waals surface area contributed by atoms with Gasteiger partial charge in [0, 0.05) is 4.88 Å². The summed E-state index contributed by atoms with van der Waals surface area (Å²) in [6, 6.07) is 5.04. The molecule has 0 bridgehead atoms. The van der Waals surface area contributed by atoms with Gasteiger partial charge >= 0.3 is 5.97 Å². The summed E-state index contributed by atoms with van der Waals surface area (Å²) >= 11 is 1.35. The molecule has 3 heterocycles. The van der Waals surface area contributed by atoms with Crippen LogP contribution in [0.4, 0.5) is 5.00 Å². The molecule has 0 atom stereocenters. The van der Waals surface area contributed by atoms with E-state index in [2.05, 4.69) is 5.32 Å². The van der Waals surface area contributed by atoms with E-state index in [4.69, 9.17) is 9.15 Å². The van der Waals surface area contributed by atoms with E-state index in [1.54, 1.807) is 23.1 Å². The van der Waals surface area contributed by atoms with Gasteiger partial charge in [-0.25, -0.2) is 4.79 Å². The molecule has 8 nitrogen and oxygen atoms in total. The lowest BCUT2D eigenvalue weighted by molar-refractivity contribution is -0.895. The fourth-order valence-corrected chi connectivity index (χ4v) is 3.94. The summed E-state index contributed by atoms with van der Waals surface area (Å²) in [6.07, 6.45) is 1.48. The van der Waals surface area contributed by atoms with Crippen LogP contribution in [0.2, 0.25) is 0 Å². The molecule has 2 aromatic heterocycles. The molecule has 144 valence electrons. The van der Waals surface area contributed by atoms with Gasteiger partial charge in [0.1, 0.15) is 5.00 Å². The van der Waals surface area contributed by atoms with E-state index in [-0.39, 0.29) is 18.4 Å². The molecule has 2 amide bonds. The predicted molar refractivity (Wildman–Crippen MR) is 99.2 cm³/mol. The molecule has 0 aromatic carbocycles. The monoisotopic (exact) mass is 392 g/mol. The van der Waals surface area contributed by atoms with Gasteiger partial charge in [0.25, 0.3) is 11.8 Å². The minimum atomic E-state index is -0.466. The van der Waals surface area contributed by atoms with Gasteiger partial charge in [0.05, 0.1) is 45.1 Å². The second-order valence-electron chi connectivity index (χ2n) is 6.34. The number of piperazine rings is 1. The highest BCUT2D eigenvalue weighted by Gasteiger charge is 2.27. The van der Waals surface area contributed by atoms with Gasteiger partial charge in [-0.1, -0.05) is 0 Å².